The van der Waals surface area contributed by atoms with Gasteiger partial charge >= 0.3 is 6.18 Å². The SMILES string of the molecule is O=C1Cc2cccc(Oc3ccccc3C(F)(F)F)c2C(=O)N1. The zero-order chi connectivity index (χ0) is 16.6. The van der Waals surface area contributed by atoms with Gasteiger partial charge in [-0.1, -0.05) is 24.3 Å². The molecule has 0 atom stereocenters. The molecule has 2 aromatic rings. The van der Waals surface area contributed by atoms with E-state index in [2.05, 4.69) is 5.32 Å². The van der Waals surface area contributed by atoms with Gasteiger partial charge in [-0.3, -0.25) is 14.9 Å². The molecule has 0 fully saturated rings. The summed E-state index contributed by atoms with van der Waals surface area (Å²) in [7, 11) is 0. The van der Waals surface area contributed by atoms with E-state index < -0.39 is 29.3 Å². The maximum Gasteiger partial charge on any atom is 0.419 e. The lowest BCUT2D eigenvalue weighted by atomic mass is 9.99. The van der Waals surface area contributed by atoms with E-state index in [-0.39, 0.29) is 17.7 Å². The van der Waals surface area contributed by atoms with Crippen LogP contribution in [0.25, 0.3) is 0 Å². The van der Waals surface area contributed by atoms with E-state index in [0.717, 1.165) is 6.07 Å². The molecule has 2 amide bonds. The summed E-state index contributed by atoms with van der Waals surface area (Å²) in [6, 6.07) is 9.21. The molecule has 1 N–H and O–H groups in total. The van der Waals surface area contributed by atoms with Gasteiger partial charge in [-0.25, -0.2) is 0 Å². The zero-order valence-electron chi connectivity index (χ0n) is 11.6. The fourth-order valence-corrected chi connectivity index (χ4v) is 2.38. The second-order valence-electron chi connectivity index (χ2n) is 4.94. The summed E-state index contributed by atoms with van der Waals surface area (Å²) in [5.74, 6) is -1.58. The largest absolute Gasteiger partial charge is 0.456 e. The van der Waals surface area contributed by atoms with E-state index in [1.165, 1.54) is 30.3 Å². The Morgan fingerprint density at radius 2 is 1.65 bits per heavy atom. The van der Waals surface area contributed by atoms with E-state index in [9.17, 15) is 22.8 Å². The number of imide groups is 1. The lowest BCUT2D eigenvalue weighted by Crippen LogP contribution is -2.37. The van der Waals surface area contributed by atoms with Crippen LogP contribution >= 0.6 is 0 Å². The first-order valence-corrected chi connectivity index (χ1v) is 6.66. The molecule has 0 saturated carbocycles. The van der Waals surface area contributed by atoms with Crippen LogP contribution in [0.2, 0.25) is 0 Å². The lowest BCUT2D eigenvalue weighted by Gasteiger charge is -2.20. The standard InChI is InChI=1S/C16H10F3NO3/c17-16(18,19)10-5-1-2-6-11(10)23-12-7-3-4-9-8-13(21)20-15(22)14(9)12/h1-7H,8H2,(H,20,21,22). The number of ether oxygens (including phenoxy) is 1. The van der Waals surface area contributed by atoms with Gasteiger partial charge in [0.15, 0.2) is 0 Å². The number of benzene rings is 2. The lowest BCUT2D eigenvalue weighted by molar-refractivity contribution is -0.138. The zero-order valence-corrected chi connectivity index (χ0v) is 11.6. The van der Waals surface area contributed by atoms with Gasteiger partial charge in [0.1, 0.15) is 11.5 Å². The quantitative estimate of drug-likeness (QED) is 0.864. The Bertz CT molecular complexity index is 799. The van der Waals surface area contributed by atoms with E-state index >= 15 is 0 Å². The minimum Gasteiger partial charge on any atom is -0.456 e. The highest BCUT2D eigenvalue weighted by atomic mass is 19.4. The van der Waals surface area contributed by atoms with E-state index in [0.29, 0.717) is 5.56 Å². The minimum absolute atomic E-state index is 0.0239. The summed E-state index contributed by atoms with van der Waals surface area (Å²) in [5.41, 5.74) is -0.449. The van der Waals surface area contributed by atoms with Crippen molar-refractivity contribution in [2.45, 2.75) is 12.6 Å². The predicted octanol–water partition coefficient (Wildman–Crippen LogP) is 3.31. The van der Waals surface area contributed by atoms with Crippen LogP contribution in [0.1, 0.15) is 21.5 Å². The van der Waals surface area contributed by atoms with Crippen molar-refractivity contribution >= 4 is 11.8 Å². The van der Waals surface area contributed by atoms with Crippen LogP contribution in [0.4, 0.5) is 13.2 Å². The van der Waals surface area contributed by atoms with Crippen molar-refractivity contribution in [1.29, 1.82) is 0 Å². The average Bonchev–Trinajstić information content (AvgIpc) is 2.46. The summed E-state index contributed by atoms with van der Waals surface area (Å²) < 4.78 is 44.4. The van der Waals surface area contributed by atoms with Crippen LogP contribution in [0.5, 0.6) is 11.5 Å². The third-order valence-electron chi connectivity index (χ3n) is 3.36. The highest BCUT2D eigenvalue weighted by molar-refractivity contribution is 6.11. The molecular weight excluding hydrogens is 311 g/mol. The van der Waals surface area contributed by atoms with E-state index in [4.69, 9.17) is 4.74 Å². The Balaban J connectivity index is 2.05. The maximum absolute atomic E-state index is 13.0. The molecule has 0 aliphatic carbocycles. The number of nitrogens with one attached hydrogen (secondary N) is 1. The summed E-state index contributed by atoms with van der Waals surface area (Å²) in [6.45, 7) is 0. The van der Waals surface area contributed by atoms with Gasteiger partial charge in [-0.15, -0.1) is 0 Å². The summed E-state index contributed by atoms with van der Waals surface area (Å²) in [4.78, 5) is 23.3. The molecule has 0 unspecified atom stereocenters. The van der Waals surface area contributed by atoms with Gasteiger partial charge in [-0.2, -0.15) is 13.2 Å². The van der Waals surface area contributed by atoms with Crippen molar-refractivity contribution in [1.82, 2.24) is 5.32 Å². The molecule has 1 heterocycles. The fourth-order valence-electron chi connectivity index (χ4n) is 2.38. The first-order chi connectivity index (χ1) is 10.9. The van der Waals surface area contributed by atoms with Crippen LogP contribution in [0, 0.1) is 0 Å². The number of hydrogen-bond donors (Lipinski definition) is 1. The van der Waals surface area contributed by atoms with Crippen molar-refractivity contribution in [2.75, 3.05) is 0 Å². The third kappa shape index (κ3) is 2.90. The summed E-state index contributed by atoms with van der Waals surface area (Å²) >= 11 is 0. The van der Waals surface area contributed by atoms with Crippen LogP contribution in [0.3, 0.4) is 0 Å². The van der Waals surface area contributed by atoms with Crippen molar-refractivity contribution in [2.24, 2.45) is 0 Å². The molecule has 0 bridgehead atoms. The smallest absolute Gasteiger partial charge is 0.419 e. The van der Waals surface area contributed by atoms with Crippen LogP contribution < -0.4 is 10.1 Å². The number of amides is 2. The van der Waals surface area contributed by atoms with Gasteiger partial charge in [-0.05, 0) is 23.8 Å². The first-order valence-electron chi connectivity index (χ1n) is 6.66. The van der Waals surface area contributed by atoms with Crippen LogP contribution in [-0.4, -0.2) is 11.8 Å². The fraction of sp³-hybridized carbons (Fsp3) is 0.125. The number of para-hydroxylation sites is 1. The number of rotatable bonds is 2. The summed E-state index contributed by atoms with van der Waals surface area (Å²) in [6.07, 6.45) is -4.61. The molecule has 3 rings (SSSR count). The van der Waals surface area contributed by atoms with E-state index in [1.54, 1.807) is 6.07 Å². The number of carbonyl (C=O) groups is 2. The second kappa shape index (κ2) is 5.42. The highest BCUT2D eigenvalue weighted by Crippen LogP contribution is 2.39. The molecule has 23 heavy (non-hydrogen) atoms. The normalized spacial score (nSPS) is 14.2. The van der Waals surface area contributed by atoms with Gasteiger partial charge in [0, 0.05) is 0 Å². The molecule has 1 aliphatic heterocycles. The minimum atomic E-state index is -4.58. The topological polar surface area (TPSA) is 55.4 Å². The van der Waals surface area contributed by atoms with Crippen LogP contribution in [-0.2, 0) is 17.4 Å². The Morgan fingerprint density at radius 3 is 2.39 bits per heavy atom. The number of fused-ring (bicyclic) bond motifs is 1. The van der Waals surface area contributed by atoms with Gasteiger partial charge < -0.3 is 4.74 Å². The second-order valence-corrected chi connectivity index (χ2v) is 4.94. The Hall–Kier alpha value is -2.83. The Kier molecular flexibility index (Phi) is 3.55. The molecule has 0 radical (unpaired) electrons. The molecule has 7 heteroatoms. The molecule has 118 valence electrons. The maximum atomic E-state index is 13.0. The van der Waals surface area contributed by atoms with Gasteiger partial charge in [0.2, 0.25) is 5.91 Å². The highest BCUT2D eigenvalue weighted by Gasteiger charge is 2.35. The molecule has 0 spiro atoms. The van der Waals surface area contributed by atoms with Gasteiger partial charge in [0.25, 0.3) is 5.91 Å². The monoisotopic (exact) mass is 321 g/mol. The molecule has 4 nitrogen and oxygen atoms in total. The number of alkyl halides is 3. The van der Waals surface area contributed by atoms with Crippen LogP contribution in [0.15, 0.2) is 42.5 Å². The Morgan fingerprint density at radius 1 is 0.957 bits per heavy atom. The molecule has 0 saturated heterocycles. The molecule has 1 aliphatic rings. The molecule has 2 aromatic carbocycles. The van der Waals surface area contributed by atoms with E-state index in [1.807, 2.05) is 0 Å². The average molecular weight is 321 g/mol. The van der Waals surface area contributed by atoms with Crippen molar-refractivity contribution in [3.05, 3.63) is 59.2 Å². The van der Waals surface area contributed by atoms with Crippen molar-refractivity contribution < 1.29 is 27.5 Å². The van der Waals surface area contributed by atoms with Crippen molar-refractivity contribution in [3.8, 4) is 11.5 Å². The third-order valence-corrected chi connectivity index (χ3v) is 3.36. The van der Waals surface area contributed by atoms with Crippen molar-refractivity contribution in [3.63, 3.8) is 0 Å². The molecular formula is C16H10F3NO3. The first kappa shape index (κ1) is 15.1. The molecule has 0 aromatic heterocycles. The number of hydrogen-bond acceptors (Lipinski definition) is 3. The Labute approximate surface area is 128 Å². The number of halogens is 3. The van der Waals surface area contributed by atoms with Gasteiger partial charge in [0.05, 0.1) is 17.5 Å². The summed E-state index contributed by atoms with van der Waals surface area (Å²) in [5, 5.41) is 2.13. The predicted molar refractivity (Wildman–Crippen MR) is 74.1 cm³/mol. The number of carbonyl (C=O) groups excluding carboxylic acids is 2.